The number of benzene rings is 1. The van der Waals surface area contributed by atoms with Crippen LogP contribution in [0, 0.1) is 5.41 Å². The first-order chi connectivity index (χ1) is 11.2. The molecule has 23 heavy (non-hydrogen) atoms. The van der Waals surface area contributed by atoms with Gasteiger partial charge in [-0.1, -0.05) is 12.1 Å². The topological polar surface area (TPSA) is 81.2 Å². The predicted molar refractivity (Wildman–Crippen MR) is 87.1 cm³/mol. The van der Waals surface area contributed by atoms with Gasteiger partial charge < -0.3 is 15.4 Å². The van der Waals surface area contributed by atoms with Gasteiger partial charge in [-0.05, 0) is 49.9 Å². The van der Waals surface area contributed by atoms with Gasteiger partial charge in [0.2, 0.25) is 0 Å². The number of carbonyl (C=O) groups is 1. The van der Waals surface area contributed by atoms with E-state index < -0.39 is 12.0 Å². The molecule has 0 bridgehead atoms. The molecule has 2 aliphatic heterocycles. The van der Waals surface area contributed by atoms with E-state index in [4.69, 9.17) is 0 Å². The number of nitrogens with zero attached hydrogens (tertiary/aromatic N) is 2. The quantitative estimate of drug-likeness (QED) is 0.801. The van der Waals surface area contributed by atoms with Gasteiger partial charge >= 0.3 is 5.97 Å². The second-order valence-electron chi connectivity index (χ2n) is 6.91. The number of hydrogen-bond donors (Lipinski definition) is 3. The zero-order chi connectivity index (χ0) is 15.9. The van der Waals surface area contributed by atoms with Crippen LogP contribution in [0.4, 0.5) is 0 Å². The van der Waals surface area contributed by atoms with Crippen LogP contribution in [-0.2, 0) is 11.3 Å². The van der Waals surface area contributed by atoms with Gasteiger partial charge in [0.05, 0.1) is 17.6 Å². The number of para-hydroxylation sites is 2. The van der Waals surface area contributed by atoms with Gasteiger partial charge in [-0.25, -0.2) is 4.98 Å². The second-order valence-corrected chi connectivity index (χ2v) is 6.91. The van der Waals surface area contributed by atoms with Gasteiger partial charge in [-0.2, -0.15) is 0 Å². The number of piperidine rings is 1. The molecule has 2 aromatic rings. The first kappa shape index (κ1) is 14.7. The molecule has 0 amide bonds. The van der Waals surface area contributed by atoms with Crippen molar-refractivity contribution in [1.82, 2.24) is 20.2 Å². The van der Waals surface area contributed by atoms with Crippen molar-refractivity contribution in [2.45, 2.75) is 31.8 Å². The van der Waals surface area contributed by atoms with Crippen LogP contribution >= 0.6 is 0 Å². The van der Waals surface area contributed by atoms with Gasteiger partial charge in [-0.15, -0.1) is 0 Å². The van der Waals surface area contributed by atoms with Crippen molar-refractivity contribution in [2.24, 2.45) is 5.41 Å². The number of fused-ring (bicyclic) bond motifs is 1. The third-order valence-electron chi connectivity index (χ3n) is 5.35. The molecule has 4 rings (SSSR count). The van der Waals surface area contributed by atoms with E-state index >= 15 is 0 Å². The molecule has 2 aliphatic rings. The average Bonchev–Trinajstić information content (AvgIpc) is 3.09. The van der Waals surface area contributed by atoms with Gasteiger partial charge in [-0.3, -0.25) is 9.69 Å². The Labute approximate surface area is 134 Å². The number of nitrogens with one attached hydrogen (secondary N) is 2. The predicted octanol–water partition coefficient (Wildman–Crippen LogP) is 1.59. The van der Waals surface area contributed by atoms with Crippen molar-refractivity contribution in [3.05, 3.63) is 30.1 Å². The first-order valence-corrected chi connectivity index (χ1v) is 8.26. The minimum absolute atomic E-state index is 0.153. The van der Waals surface area contributed by atoms with Crippen LogP contribution < -0.4 is 5.32 Å². The molecule has 122 valence electrons. The molecule has 0 aliphatic carbocycles. The second kappa shape index (κ2) is 5.62. The fraction of sp³-hybridized carbons (Fsp3) is 0.529. The summed E-state index contributed by atoms with van der Waals surface area (Å²) < 4.78 is 0. The Morgan fingerprint density at radius 2 is 2.13 bits per heavy atom. The number of aromatic nitrogens is 2. The van der Waals surface area contributed by atoms with Crippen molar-refractivity contribution >= 4 is 17.0 Å². The Morgan fingerprint density at radius 3 is 2.87 bits per heavy atom. The van der Waals surface area contributed by atoms with Gasteiger partial charge in [0.15, 0.2) is 0 Å². The lowest BCUT2D eigenvalue weighted by molar-refractivity contribution is -0.142. The van der Waals surface area contributed by atoms with E-state index in [2.05, 4.69) is 20.2 Å². The highest BCUT2D eigenvalue weighted by atomic mass is 16.4. The van der Waals surface area contributed by atoms with Gasteiger partial charge in [0, 0.05) is 6.54 Å². The highest BCUT2D eigenvalue weighted by Gasteiger charge is 2.47. The minimum atomic E-state index is -0.712. The summed E-state index contributed by atoms with van der Waals surface area (Å²) in [6.45, 7) is 3.40. The van der Waals surface area contributed by atoms with Crippen molar-refractivity contribution < 1.29 is 9.90 Å². The number of aromatic amines is 1. The molecule has 6 nitrogen and oxygen atoms in total. The molecule has 0 saturated carbocycles. The fourth-order valence-electron chi connectivity index (χ4n) is 4.15. The molecule has 2 saturated heterocycles. The Bertz CT molecular complexity index is 687. The van der Waals surface area contributed by atoms with Crippen molar-refractivity contribution in [3.8, 4) is 0 Å². The largest absolute Gasteiger partial charge is 0.480 e. The third-order valence-corrected chi connectivity index (χ3v) is 5.35. The number of hydrogen-bond acceptors (Lipinski definition) is 4. The molecule has 0 radical (unpaired) electrons. The summed E-state index contributed by atoms with van der Waals surface area (Å²) in [4.78, 5) is 21.7. The van der Waals surface area contributed by atoms with Crippen LogP contribution in [0.5, 0.6) is 0 Å². The van der Waals surface area contributed by atoms with E-state index in [1.165, 1.54) is 0 Å². The van der Waals surface area contributed by atoms with Crippen LogP contribution in [0.1, 0.15) is 25.1 Å². The number of H-pyrrole nitrogens is 1. The summed E-state index contributed by atoms with van der Waals surface area (Å²) in [6, 6.07) is 7.51. The van der Waals surface area contributed by atoms with Crippen LogP contribution in [0.3, 0.4) is 0 Å². The molecule has 1 unspecified atom stereocenters. The number of imidazole rings is 1. The standard InChI is InChI=1S/C17H22N4O2/c22-16(23)14-9-17(5-7-18-8-6-17)11-21(14)10-15-19-12-3-1-2-4-13(12)20-15/h1-4,14,18H,5-11H2,(H,19,20)(H,22,23). The molecule has 6 heteroatoms. The van der Waals surface area contributed by atoms with Crippen LogP contribution in [0.2, 0.25) is 0 Å². The smallest absolute Gasteiger partial charge is 0.320 e. The highest BCUT2D eigenvalue weighted by Crippen LogP contribution is 2.42. The summed E-state index contributed by atoms with van der Waals surface area (Å²) >= 11 is 0. The Morgan fingerprint density at radius 1 is 1.35 bits per heavy atom. The Hall–Kier alpha value is -1.92. The normalized spacial score (nSPS) is 24.4. The highest BCUT2D eigenvalue weighted by molar-refractivity contribution is 5.75. The van der Waals surface area contributed by atoms with Crippen LogP contribution in [0.25, 0.3) is 11.0 Å². The summed E-state index contributed by atoms with van der Waals surface area (Å²) in [7, 11) is 0. The Balaban J connectivity index is 1.57. The first-order valence-electron chi connectivity index (χ1n) is 8.26. The van der Waals surface area contributed by atoms with Crippen molar-refractivity contribution in [2.75, 3.05) is 19.6 Å². The molecule has 3 N–H and O–H groups in total. The molecule has 3 heterocycles. The van der Waals surface area contributed by atoms with Crippen molar-refractivity contribution in [3.63, 3.8) is 0 Å². The van der Waals surface area contributed by atoms with Crippen LogP contribution in [0.15, 0.2) is 24.3 Å². The lowest BCUT2D eigenvalue weighted by atomic mass is 9.77. The zero-order valence-electron chi connectivity index (χ0n) is 13.1. The lowest BCUT2D eigenvalue weighted by Crippen LogP contribution is -2.38. The molecule has 1 aromatic carbocycles. The maximum atomic E-state index is 11.7. The fourth-order valence-corrected chi connectivity index (χ4v) is 4.15. The molecular weight excluding hydrogens is 292 g/mol. The maximum absolute atomic E-state index is 11.7. The molecule has 2 fully saturated rings. The summed E-state index contributed by atoms with van der Waals surface area (Å²) in [6.07, 6.45) is 2.88. The van der Waals surface area contributed by atoms with Crippen LogP contribution in [-0.4, -0.2) is 51.6 Å². The average molecular weight is 314 g/mol. The number of likely N-dealkylation sites (tertiary alicyclic amines) is 1. The zero-order valence-corrected chi connectivity index (χ0v) is 13.1. The summed E-state index contributed by atoms with van der Waals surface area (Å²) in [5.41, 5.74) is 2.09. The molecular formula is C17H22N4O2. The van der Waals surface area contributed by atoms with Gasteiger partial charge in [0.1, 0.15) is 11.9 Å². The summed E-state index contributed by atoms with van der Waals surface area (Å²) in [5.74, 6) is 0.139. The molecule has 1 spiro atoms. The monoisotopic (exact) mass is 314 g/mol. The number of aliphatic carboxylic acids is 1. The van der Waals surface area contributed by atoms with Gasteiger partial charge in [0.25, 0.3) is 0 Å². The number of rotatable bonds is 3. The lowest BCUT2D eigenvalue weighted by Gasteiger charge is -2.33. The maximum Gasteiger partial charge on any atom is 0.320 e. The number of carboxylic acids is 1. The molecule has 1 atom stereocenters. The van der Waals surface area contributed by atoms with E-state index in [1.54, 1.807) is 0 Å². The van der Waals surface area contributed by atoms with E-state index in [-0.39, 0.29) is 5.41 Å². The van der Waals surface area contributed by atoms with E-state index in [1.807, 2.05) is 24.3 Å². The SMILES string of the molecule is O=C(O)C1CC2(CCNCC2)CN1Cc1nc2ccccc2[nH]1. The third kappa shape index (κ3) is 2.72. The van der Waals surface area contributed by atoms with E-state index in [0.717, 1.165) is 55.8 Å². The molecule has 1 aromatic heterocycles. The Kier molecular flexibility index (Phi) is 3.58. The number of carboxylic acid groups (broad SMARTS) is 1. The van der Waals surface area contributed by atoms with E-state index in [0.29, 0.717) is 6.54 Å². The summed E-state index contributed by atoms with van der Waals surface area (Å²) in [5, 5.41) is 13.0. The van der Waals surface area contributed by atoms with Crippen molar-refractivity contribution in [1.29, 1.82) is 0 Å². The van der Waals surface area contributed by atoms with E-state index in [9.17, 15) is 9.90 Å². The minimum Gasteiger partial charge on any atom is -0.480 e.